The molecule has 0 radical (unpaired) electrons. The van der Waals surface area contributed by atoms with Gasteiger partial charge in [0.1, 0.15) is 0 Å². The first-order chi connectivity index (χ1) is 10.9. The summed E-state index contributed by atoms with van der Waals surface area (Å²) in [7, 11) is 0. The largest absolute Gasteiger partial charge is 0.0654 e. The van der Waals surface area contributed by atoms with Gasteiger partial charge in [-0.15, -0.1) is 0 Å². The van der Waals surface area contributed by atoms with Crippen LogP contribution in [0.1, 0.15) is 114 Å². The molecular weight excluding hydrogens is 264 g/mol. The van der Waals surface area contributed by atoms with Crippen molar-refractivity contribution in [2.45, 2.75) is 103 Å². The standard InChI is InChI=1S/C22H36/c1-3-5-6-7-8-9-10-14-20-18-17-19(13-4-2)21-15-11-12-16-22(20)21/h11-12,15-16,19-20H,3-10,13-14,17-18H2,1-2H3. The van der Waals surface area contributed by atoms with Gasteiger partial charge in [0.2, 0.25) is 0 Å². The average Bonchev–Trinajstić information content (AvgIpc) is 2.56. The van der Waals surface area contributed by atoms with Crippen LogP contribution < -0.4 is 0 Å². The van der Waals surface area contributed by atoms with E-state index < -0.39 is 0 Å². The van der Waals surface area contributed by atoms with Crippen molar-refractivity contribution in [3.63, 3.8) is 0 Å². The minimum absolute atomic E-state index is 0.839. The second-order valence-corrected chi connectivity index (χ2v) is 7.30. The van der Waals surface area contributed by atoms with Crippen LogP contribution in [0.5, 0.6) is 0 Å². The van der Waals surface area contributed by atoms with Crippen molar-refractivity contribution in [2.24, 2.45) is 0 Å². The second-order valence-electron chi connectivity index (χ2n) is 7.30. The third kappa shape index (κ3) is 5.14. The molecule has 0 N–H and O–H groups in total. The van der Waals surface area contributed by atoms with Crippen LogP contribution in [0, 0.1) is 0 Å². The first-order valence-corrected chi connectivity index (χ1v) is 9.95. The van der Waals surface area contributed by atoms with Gasteiger partial charge in [-0.3, -0.25) is 0 Å². The summed E-state index contributed by atoms with van der Waals surface area (Å²) < 4.78 is 0. The number of fused-ring (bicyclic) bond motifs is 1. The quantitative estimate of drug-likeness (QED) is 0.390. The third-order valence-electron chi connectivity index (χ3n) is 5.53. The minimum Gasteiger partial charge on any atom is -0.0654 e. The topological polar surface area (TPSA) is 0 Å². The maximum absolute atomic E-state index is 2.42. The number of hydrogen-bond acceptors (Lipinski definition) is 0. The molecule has 1 aliphatic rings. The summed E-state index contributed by atoms with van der Waals surface area (Å²) in [6.45, 7) is 4.62. The van der Waals surface area contributed by atoms with Crippen molar-refractivity contribution >= 4 is 0 Å². The fourth-order valence-electron chi connectivity index (χ4n) is 4.26. The molecule has 0 saturated carbocycles. The fourth-order valence-corrected chi connectivity index (χ4v) is 4.26. The van der Waals surface area contributed by atoms with Gasteiger partial charge in [-0.2, -0.15) is 0 Å². The van der Waals surface area contributed by atoms with E-state index >= 15 is 0 Å². The fraction of sp³-hybridized carbons (Fsp3) is 0.727. The van der Waals surface area contributed by atoms with Gasteiger partial charge >= 0.3 is 0 Å². The zero-order chi connectivity index (χ0) is 15.6. The second kappa shape index (κ2) is 10.1. The third-order valence-corrected chi connectivity index (χ3v) is 5.53. The van der Waals surface area contributed by atoms with Gasteiger partial charge < -0.3 is 0 Å². The molecule has 0 amide bonds. The van der Waals surface area contributed by atoms with Gasteiger partial charge in [0.25, 0.3) is 0 Å². The van der Waals surface area contributed by atoms with Gasteiger partial charge in [0, 0.05) is 0 Å². The number of benzene rings is 1. The van der Waals surface area contributed by atoms with Gasteiger partial charge in [-0.05, 0) is 48.6 Å². The summed E-state index contributed by atoms with van der Waals surface area (Å²) in [5, 5.41) is 0. The molecule has 1 aliphatic carbocycles. The molecule has 0 aliphatic heterocycles. The van der Waals surface area contributed by atoms with Crippen LogP contribution in [-0.2, 0) is 0 Å². The van der Waals surface area contributed by atoms with E-state index in [0.29, 0.717) is 0 Å². The molecule has 124 valence electrons. The van der Waals surface area contributed by atoms with Crippen LogP contribution in [0.3, 0.4) is 0 Å². The molecule has 2 atom stereocenters. The molecule has 0 spiro atoms. The maximum Gasteiger partial charge on any atom is -0.0159 e. The molecule has 0 bridgehead atoms. The number of unbranched alkanes of at least 4 members (excludes halogenated alkanes) is 6. The lowest BCUT2D eigenvalue weighted by atomic mass is 9.73. The predicted molar refractivity (Wildman–Crippen MR) is 98.7 cm³/mol. The summed E-state index contributed by atoms with van der Waals surface area (Å²) in [6.07, 6.45) is 17.0. The molecule has 1 aromatic rings. The van der Waals surface area contributed by atoms with Crippen molar-refractivity contribution in [3.05, 3.63) is 35.4 Å². The van der Waals surface area contributed by atoms with Crippen molar-refractivity contribution in [3.8, 4) is 0 Å². The van der Waals surface area contributed by atoms with E-state index in [1.165, 1.54) is 77.0 Å². The molecule has 1 aromatic carbocycles. The monoisotopic (exact) mass is 300 g/mol. The Bertz CT molecular complexity index is 406. The van der Waals surface area contributed by atoms with E-state index in [9.17, 15) is 0 Å². The molecular formula is C22H36. The van der Waals surface area contributed by atoms with Crippen LogP contribution in [0.4, 0.5) is 0 Å². The van der Waals surface area contributed by atoms with E-state index in [0.717, 1.165) is 11.8 Å². The Morgan fingerprint density at radius 3 is 1.82 bits per heavy atom. The van der Waals surface area contributed by atoms with E-state index in [2.05, 4.69) is 38.1 Å². The van der Waals surface area contributed by atoms with Gasteiger partial charge in [-0.25, -0.2) is 0 Å². The molecule has 0 nitrogen and oxygen atoms in total. The van der Waals surface area contributed by atoms with Gasteiger partial charge in [0.15, 0.2) is 0 Å². The van der Waals surface area contributed by atoms with Crippen LogP contribution in [-0.4, -0.2) is 0 Å². The molecule has 22 heavy (non-hydrogen) atoms. The lowest BCUT2D eigenvalue weighted by Crippen LogP contribution is -2.14. The Hall–Kier alpha value is -0.780. The highest BCUT2D eigenvalue weighted by Crippen LogP contribution is 2.42. The highest BCUT2D eigenvalue weighted by atomic mass is 14.3. The Labute approximate surface area is 138 Å². The molecule has 0 heterocycles. The molecule has 2 rings (SSSR count). The Balaban J connectivity index is 1.79. The average molecular weight is 301 g/mol. The van der Waals surface area contributed by atoms with Crippen molar-refractivity contribution in [1.29, 1.82) is 0 Å². The van der Waals surface area contributed by atoms with Crippen LogP contribution in [0.15, 0.2) is 24.3 Å². The van der Waals surface area contributed by atoms with E-state index in [-0.39, 0.29) is 0 Å². The minimum atomic E-state index is 0.839. The SMILES string of the molecule is CCCCCCCCCC1CCC(CCC)c2ccccc21. The van der Waals surface area contributed by atoms with Gasteiger partial charge in [-0.1, -0.05) is 89.5 Å². The predicted octanol–water partition coefficient (Wildman–Crippen LogP) is 7.59. The lowest BCUT2D eigenvalue weighted by molar-refractivity contribution is 0.429. The van der Waals surface area contributed by atoms with E-state index in [4.69, 9.17) is 0 Å². The van der Waals surface area contributed by atoms with E-state index in [1.54, 1.807) is 11.1 Å². The van der Waals surface area contributed by atoms with E-state index in [1.807, 2.05) is 0 Å². The first kappa shape index (κ1) is 17.6. The van der Waals surface area contributed by atoms with Crippen molar-refractivity contribution in [1.82, 2.24) is 0 Å². The number of hydrogen-bond donors (Lipinski definition) is 0. The normalized spacial score (nSPS) is 20.8. The van der Waals surface area contributed by atoms with Crippen molar-refractivity contribution in [2.75, 3.05) is 0 Å². The van der Waals surface area contributed by atoms with Crippen LogP contribution in [0.2, 0.25) is 0 Å². The Kier molecular flexibility index (Phi) is 8.05. The van der Waals surface area contributed by atoms with Crippen LogP contribution >= 0.6 is 0 Å². The molecule has 0 heteroatoms. The van der Waals surface area contributed by atoms with Crippen LogP contribution in [0.25, 0.3) is 0 Å². The Morgan fingerprint density at radius 2 is 1.23 bits per heavy atom. The molecule has 0 aromatic heterocycles. The molecule has 2 unspecified atom stereocenters. The highest BCUT2D eigenvalue weighted by molar-refractivity contribution is 5.35. The zero-order valence-corrected chi connectivity index (χ0v) is 14.9. The first-order valence-electron chi connectivity index (χ1n) is 9.95. The summed E-state index contributed by atoms with van der Waals surface area (Å²) in [5.74, 6) is 1.69. The molecule has 0 saturated heterocycles. The van der Waals surface area contributed by atoms with Gasteiger partial charge in [0.05, 0.1) is 0 Å². The molecule has 0 fully saturated rings. The zero-order valence-electron chi connectivity index (χ0n) is 14.9. The Morgan fingerprint density at radius 1 is 0.682 bits per heavy atom. The summed E-state index contributed by atoms with van der Waals surface area (Å²) in [6, 6.07) is 9.33. The van der Waals surface area contributed by atoms with Crippen molar-refractivity contribution < 1.29 is 0 Å². The lowest BCUT2D eigenvalue weighted by Gasteiger charge is -2.31. The highest BCUT2D eigenvalue weighted by Gasteiger charge is 2.25. The number of rotatable bonds is 10. The smallest absolute Gasteiger partial charge is 0.0159 e. The summed E-state index contributed by atoms with van der Waals surface area (Å²) >= 11 is 0. The summed E-state index contributed by atoms with van der Waals surface area (Å²) in [5.41, 5.74) is 3.38. The summed E-state index contributed by atoms with van der Waals surface area (Å²) in [4.78, 5) is 0. The maximum atomic E-state index is 2.42.